The van der Waals surface area contributed by atoms with Crippen molar-refractivity contribution < 1.29 is 14.3 Å². The molecule has 0 aliphatic carbocycles. The third kappa shape index (κ3) is 3.91. The number of ether oxygens (including phenoxy) is 1. The fraction of sp³-hybridized carbons (Fsp3) is 0.667. The zero-order valence-corrected chi connectivity index (χ0v) is 16.4. The van der Waals surface area contributed by atoms with Crippen LogP contribution in [0.5, 0.6) is 0 Å². The average Bonchev–Trinajstić information content (AvgIpc) is 2.98. The zero-order valence-electron chi connectivity index (χ0n) is 15.6. The second kappa shape index (κ2) is 6.39. The molecular weight excluding hydrogens is 324 g/mol. The van der Waals surface area contributed by atoms with E-state index in [0.29, 0.717) is 6.42 Å². The number of carbonyl (C=O) groups is 2. The fourth-order valence-electron chi connectivity index (χ4n) is 3.18. The lowest BCUT2D eigenvalue weighted by Gasteiger charge is -2.39. The Morgan fingerprint density at radius 2 is 1.88 bits per heavy atom. The molecule has 0 spiro atoms. The van der Waals surface area contributed by atoms with Crippen LogP contribution in [0.15, 0.2) is 17.5 Å². The van der Waals surface area contributed by atoms with Gasteiger partial charge in [-0.1, -0.05) is 26.8 Å². The fourth-order valence-corrected chi connectivity index (χ4v) is 3.92. The molecule has 0 N–H and O–H groups in total. The molecule has 0 aromatic carbocycles. The van der Waals surface area contributed by atoms with Crippen LogP contribution in [0, 0.1) is 5.41 Å². The van der Waals surface area contributed by atoms with E-state index >= 15 is 0 Å². The van der Waals surface area contributed by atoms with Crippen LogP contribution in [0.25, 0.3) is 0 Å². The van der Waals surface area contributed by atoms with E-state index in [2.05, 4.69) is 0 Å². The SMILES string of the molecule is CN1C(=O)[C@H](Cc2cccs2)N(C(=O)OC(C)(C)C)[C@H]1C(C)(C)C. The maximum Gasteiger partial charge on any atom is 0.412 e. The van der Waals surface area contributed by atoms with Crippen LogP contribution in [0.1, 0.15) is 46.4 Å². The van der Waals surface area contributed by atoms with E-state index in [4.69, 9.17) is 4.74 Å². The van der Waals surface area contributed by atoms with E-state index in [1.807, 2.05) is 59.1 Å². The van der Waals surface area contributed by atoms with Crippen molar-refractivity contribution in [2.45, 2.75) is 65.8 Å². The van der Waals surface area contributed by atoms with Gasteiger partial charge >= 0.3 is 6.09 Å². The molecule has 134 valence electrons. The summed E-state index contributed by atoms with van der Waals surface area (Å²) in [5.74, 6) is -0.0332. The molecule has 1 aromatic rings. The molecule has 1 fully saturated rings. The van der Waals surface area contributed by atoms with Crippen molar-refractivity contribution in [1.82, 2.24) is 9.80 Å². The first-order valence-corrected chi connectivity index (χ1v) is 9.10. The van der Waals surface area contributed by atoms with E-state index in [9.17, 15) is 9.59 Å². The first-order chi connectivity index (χ1) is 10.9. The van der Waals surface area contributed by atoms with Crippen LogP contribution in [0.2, 0.25) is 0 Å². The van der Waals surface area contributed by atoms with Gasteiger partial charge in [-0.3, -0.25) is 9.69 Å². The Morgan fingerprint density at radius 1 is 1.25 bits per heavy atom. The number of nitrogens with zero attached hydrogens (tertiary/aromatic N) is 2. The molecule has 2 heterocycles. The summed E-state index contributed by atoms with van der Waals surface area (Å²) < 4.78 is 5.60. The van der Waals surface area contributed by atoms with Crippen LogP contribution in [-0.2, 0) is 16.0 Å². The van der Waals surface area contributed by atoms with Gasteiger partial charge in [0.25, 0.3) is 0 Å². The van der Waals surface area contributed by atoms with Crippen molar-refractivity contribution in [3.63, 3.8) is 0 Å². The van der Waals surface area contributed by atoms with E-state index in [1.54, 1.807) is 28.2 Å². The molecule has 0 radical (unpaired) electrons. The lowest BCUT2D eigenvalue weighted by atomic mass is 9.91. The highest BCUT2D eigenvalue weighted by Gasteiger charge is 2.52. The second-order valence-corrected chi connectivity index (χ2v) is 9.41. The Morgan fingerprint density at radius 3 is 2.33 bits per heavy atom. The third-order valence-corrected chi connectivity index (χ3v) is 4.85. The Kier molecular flexibility index (Phi) is 5.00. The molecule has 2 amide bonds. The van der Waals surface area contributed by atoms with Gasteiger partial charge in [0, 0.05) is 23.8 Å². The molecule has 6 heteroatoms. The van der Waals surface area contributed by atoms with E-state index < -0.39 is 17.7 Å². The van der Waals surface area contributed by atoms with Gasteiger partial charge in [0.05, 0.1) is 0 Å². The summed E-state index contributed by atoms with van der Waals surface area (Å²) in [6.07, 6.45) is -0.237. The van der Waals surface area contributed by atoms with Crippen molar-refractivity contribution in [2.24, 2.45) is 5.41 Å². The number of hydrogen-bond acceptors (Lipinski definition) is 4. The Hall–Kier alpha value is -1.56. The lowest BCUT2D eigenvalue weighted by molar-refractivity contribution is -0.129. The van der Waals surface area contributed by atoms with Gasteiger partial charge in [-0.05, 0) is 32.2 Å². The molecule has 0 unspecified atom stereocenters. The zero-order chi connectivity index (χ0) is 18.3. The highest BCUT2D eigenvalue weighted by molar-refractivity contribution is 7.09. The number of carbonyl (C=O) groups excluding carboxylic acids is 2. The molecule has 24 heavy (non-hydrogen) atoms. The first-order valence-electron chi connectivity index (χ1n) is 8.22. The molecular formula is C18H28N2O3S. The number of amides is 2. The summed E-state index contributed by atoms with van der Waals surface area (Å²) in [4.78, 5) is 30.1. The number of hydrogen-bond donors (Lipinski definition) is 0. The molecule has 0 bridgehead atoms. The van der Waals surface area contributed by atoms with Crippen LogP contribution < -0.4 is 0 Å². The Balaban J connectivity index is 2.38. The smallest absolute Gasteiger partial charge is 0.412 e. The van der Waals surface area contributed by atoms with Gasteiger partial charge in [-0.2, -0.15) is 0 Å². The Bertz CT molecular complexity index is 599. The Labute approximate surface area is 148 Å². The number of thiophene rings is 1. The van der Waals surface area contributed by atoms with Gasteiger partial charge < -0.3 is 9.64 Å². The van der Waals surface area contributed by atoms with Crippen molar-refractivity contribution in [2.75, 3.05) is 7.05 Å². The monoisotopic (exact) mass is 352 g/mol. The third-order valence-electron chi connectivity index (χ3n) is 3.95. The number of likely N-dealkylation sites (N-methyl/N-ethyl adjacent to an activating group) is 1. The summed E-state index contributed by atoms with van der Waals surface area (Å²) in [6, 6.07) is 3.44. The lowest BCUT2D eigenvalue weighted by Crippen LogP contribution is -2.52. The van der Waals surface area contributed by atoms with Gasteiger partial charge in [-0.25, -0.2) is 4.79 Å². The molecule has 5 nitrogen and oxygen atoms in total. The second-order valence-electron chi connectivity index (χ2n) is 8.38. The molecule has 1 aliphatic rings. The summed E-state index contributed by atoms with van der Waals surface area (Å²) in [7, 11) is 1.77. The maximum atomic E-state index is 12.9. The molecule has 1 saturated heterocycles. The van der Waals surface area contributed by atoms with Crippen molar-refractivity contribution in [3.8, 4) is 0 Å². The molecule has 0 saturated carbocycles. The summed E-state index contributed by atoms with van der Waals surface area (Å²) >= 11 is 1.60. The minimum Gasteiger partial charge on any atom is -0.444 e. The van der Waals surface area contributed by atoms with Crippen LogP contribution in [-0.4, -0.2) is 46.7 Å². The first kappa shape index (κ1) is 18.8. The van der Waals surface area contributed by atoms with E-state index in [-0.39, 0.29) is 17.5 Å². The number of rotatable bonds is 2. The average molecular weight is 353 g/mol. The standard InChI is InChI=1S/C18H28N2O3S/c1-17(2,3)15-19(7)14(21)13(11-12-9-8-10-24-12)20(15)16(22)23-18(4,5)6/h8-10,13,15H,11H2,1-7H3/t13-,15-/m0/s1. The van der Waals surface area contributed by atoms with Gasteiger partial charge in [0.15, 0.2) is 0 Å². The minimum atomic E-state index is -0.600. The highest BCUT2D eigenvalue weighted by atomic mass is 32.1. The van der Waals surface area contributed by atoms with Crippen LogP contribution >= 0.6 is 11.3 Å². The van der Waals surface area contributed by atoms with E-state index in [1.165, 1.54) is 0 Å². The molecule has 2 atom stereocenters. The largest absolute Gasteiger partial charge is 0.444 e. The summed E-state index contributed by atoms with van der Waals surface area (Å²) in [5.41, 5.74) is -0.872. The van der Waals surface area contributed by atoms with Crippen molar-refractivity contribution in [1.29, 1.82) is 0 Å². The van der Waals surface area contributed by atoms with Gasteiger partial charge in [-0.15, -0.1) is 11.3 Å². The highest BCUT2D eigenvalue weighted by Crippen LogP contribution is 2.36. The van der Waals surface area contributed by atoms with Crippen molar-refractivity contribution >= 4 is 23.3 Å². The molecule has 1 aliphatic heterocycles. The summed E-state index contributed by atoms with van der Waals surface area (Å²) in [6.45, 7) is 11.6. The van der Waals surface area contributed by atoms with Gasteiger partial charge in [0.1, 0.15) is 17.8 Å². The predicted molar refractivity (Wildman–Crippen MR) is 95.9 cm³/mol. The predicted octanol–water partition coefficient (Wildman–Crippen LogP) is 3.74. The topological polar surface area (TPSA) is 49.9 Å². The molecule has 1 aromatic heterocycles. The van der Waals surface area contributed by atoms with E-state index in [0.717, 1.165) is 4.88 Å². The quantitative estimate of drug-likeness (QED) is 0.815. The van der Waals surface area contributed by atoms with Crippen LogP contribution in [0.3, 0.4) is 0 Å². The van der Waals surface area contributed by atoms with Gasteiger partial charge in [0.2, 0.25) is 5.91 Å². The maximum absolute atomic E-state index is 12.9. The van der Waals surface area contributed by atoms with Crippen molar-refractivity contribution in [3.05, 3.63) is 22.4 Å². The van der Waals surface area contributed by atoms with Crippen LogP contribution in [0.4, 0.5) is 4.79 Å². The summed E-state index contributed by atoms with van der Waals surface area (Å²) in [5, 5.41) is 1.98. The normalized spacial score (nSPS) is 22.2. The minimum absolute atomic E-state index is 0.0332. The molecule has 2 rings (SSSR count).